The topological polar surface area (TPSA) is 9.72 Å². The van der Waals surface area contributed by atoms with Gasteiger partial charge in [-0.25, -0.2) is 0 Å². The van der Waals surface area contributed by atoms with Gasteiger partial charge in [-0.3, -0.25) is 0 Å². The Hall–Kier alpha value is -0.210. The van der Waals surface area contributed by atoms with E-state index in [2.05, 4.69) is 87.5 Å². The predicted octanol–water partition coefficient (Wildman–Crippen LogP) is 2.32. The van der Waals surface area contributed by atoms with Gasteiger partial charge in [0.1, 0.15) is 0 Å². The van der Waals surface area contributed by atoms with Gasteiger partial charge in [0.25, 0.3) is 0 Å². The van der Waals surface area contributed by atoms with E-state index in [9.17, 15) is 0 Å². The maximum absolute atomic E-state index is 2.38. The molecule has 0 aromatic heterocycles. The van der Waals surface area contributed by atoms with Gasteiger partial charge in [0, 0.05) is 42.3 Å². The van der Waals surface area contributed by atoms with Gasteiger partial charge in [-0.15, -0.1) is 0 Å². The highest BCUT2D eigenvalue weighted by atomic mass is 31.2. The highest BCUT2D eigenvalue weighted by molar-refractivity contribution is 7.70. The highest BCUT2D eigenvalue weighted by Crippen LogP contribution is 2.74. The lowest BCUT2D eigenvalue weighted by atomic mass is 10.2. The minimum atomic E-state index is -1.55. The first kappa shape index (κ1) is 13.9. The standard InChI is InChI=1S/C12H25N3P/c1-12(10-8-9-11-12)16(13(2)3,14(4)5)15(6)7/h8-11H,1-7H3/q+1. The van der Waals surface area contributed by atoms with Gasteiger partial charge in [-0.1, -0.05) is 12.2 Å². The number of hydrogen-bond acceptors (Lipinski definition) is 3. The van der Waals surface area contributed by atoms with Crippen LogP contribution in [0.25, 0.3) is 0 Å². The normalized spacial score (nSPS) is 19.4. The molecule has 0 unspecified atom stereocenters. The third-order valence-corrected chi connectivity index (χ3v) is 8.24. The molecule has 0 aromatic carbocycles. The molecule has 0 bridgehead atoms. The zero-order valence-corrected chi connectivity index (χ0v) is 12.5. The minimum absolute atomic E-state index is 0.101. The predicted molar refractivity (Wildman–Crippen MR) is 74.7 cm³/mol. The Kier molecular flexibility index (Phi) is 3.96. The lowest BCUT2D eigenvalue weighted by Crippen LogP contribution is -2.46. The zero-order valence-electron chi connectivity index (χ0n) is 11.6. The van der Waals surface area contributed by atoms with Crippen LogP contribution >= 0.6 is 7.71 Å². The Morgan fingerprint density at radius 3 is 1.31 bits per heavy atom. The molecule has 92 valence electrons. The fourth-order valence-corrected chi connectivity index (χ4v) is 8.43. The summed E-state index contributed by atoms with van der Waals surface area (Å²) in [6.45, 7) is 2.32. The molecule has 0 heterocycles. The molecular formula is C12H25N3P+. The fourth-order valence-electron chi connectivity index (χ4n) is 3.12. The van der Waals surface area contributed by atoms with Crippen LogP contribution in [0.3, 0.4) is 0 Å². The van der Waals surface area contributed by atoms with Gasteiger partial charge >= 0.3 is 0 Å². The first-order valence-electron chi connectivity index (χ1n) is 5.58. The molecule has 0 atom stereocenters. The van der Waals surface area contributed by atoms with Crippen molar-refractivity contribution in [1.82, 2.24) is 14.0 Å². The molecule has 0 fully saturated rings. The van der Waals surface area contributed by atoms with Crippen LogP contribution < -0.4 is 0 Å². The first-order valence-corrected chi connectivity index (χ1v) is 7.23. The molecular weight excluding hydrogens is 217 g/mol. The van der Waals surface area contributed by atoms with E-state index in [1.807, 2.05) is 0 Å². The molecule has 1 aliphatic carbocycles. The summed E-state index contributed by atoms with van der Waals surface area (Å²) >= 11 is 0. The Labute approximate surface area is 101 Å². The molecule has 1 rings (SSSR count). The third kappa shape index (κ3) is 1.76. The zero-order chi connectivity index (χ0) is 12.6. The Morgan fingerprint density at radius 1 is 0.750 bits per heavy atom. The Bertz CT molecular complexity index is 272. The molecule has 0 saturated carbocycles. The summed E-state index contributed by atoms with van der Waals surface area (Å²) in [5, 5.41) is 0.101. The van der Waals surface area contributed by atoms with Gasteiger partial charge < -0.3 is 0 Å². The number of nitrogens with zero attached hydrogens (tertiary/aromatic N) is 3. The molecule has 0 aromatic rings. The summed E-state index contributed by atoms with van der Waals surface area (Å²) in [7, 11) is 11.5. The van der Waals surface area contributed by atoms with Crippen molar-refractivity contribution in [3.63, 3.8) is 0 Å². The minimum Gasteiger partial charge on any atom is -0.154 e. The summed E-state index contributed by atoms with van der Waals surface area (Å²) in [5.41, 5.74) is 0. The fraction of sp³-hybridized carbons (Fsp3) is 0.667. The molecule has 3 nitrogen and oxygen atoms in total. The van der Waals surface area contributed by atoms with Gasteiger partial charge in [0.15, 0.2) is 5.16 Å². The van der Waals surface area contributed by atoms with Crippen molar-refractivity contribution in [3.05, 3.63) is 24.3 Å². The Balaban J connectivity index is 3.33. The van der Waals surface area contributed by atoms with Crippen LogP contribution in [0.2, 0.25) is 0 Å². The van der Waals surface area contributed by atoms with Gasteiger partial charge in [-0.05, 0) is 19.1 Å². The second-order valence-corrected chi connectivity index (χ2v) is 9.55. The molecule has 0 amide bonds. The number of allylic oxidation sites excluding steroid dienone is 4. The molecule has 4 heteroatoms. The molecule has 0 spiro atoms. The van der Waals surface area contributed by atoms with Crippen LogP contribution in [0.15, 0.2) is 24.3 Å². The lowest BCUT2D eigenvalue weighted by molar-refractivity contribution is 0.440. The molecule has 0 aliphatic heterocycles. The molecule has 16 heavy (non-hydrogen) atoms. The van der Waals surface area contributed by atoms with Crippen LogP contribution in [-0.4, -0.2) is 61.5 Å². The van der Waals surface area contributed by atoms with E-state index in [0.29, 0.717) is 0 Å². The molecule has 0 radical (unpaired) electrons. The van der Waals surface area contributed by atoms with E-state index in [1.54, 1.807) is 0 Å². The monoisotopic (exact) mass is 242 g/mol. The van der Waals surface area contributed by atoms with Crippen molar-refractivity contribution in [2.45, 2.75) is 12.1 Å². The van der Waals surface area contributed by atoms with Crippen LogP contribution in [0.1, 0.15) is 6.92 Å². The van der Waals surface area contributed by atoms with E-state index in [-0.39, 0.29) is 5.16 Å². The smallest absolute Gasteiger partial charge is 0.154 e. The molecule has 1 aliphatic rings. The highest BCUT2D eigenvalue weighted by Gasteiger charge is 2.60. The van der Waals surface area contributed by atoms with Crippen LogP contribution in [0.5, 0.6) is 0 Å². The van der Waals surface area contributed by atoms with Gasteiger partial charge in [-0.2, -0.15) is 14.0 Å². The van der Waals surface area contributed by atoms with Crippen molar-refractivity contribution in [2.75, 3.05) is 42.3 Å². The number of hydrogen-bond donors (Lipinski definition) is 0. The quantitative estimate of drug-likeness (QED) is 0.700. The molecule has 0 N–H and O–H groups in total. The Morgan fingerprint density at radius 2 is 1.06 bits per heavy atom. The second kappa shape index (κ2) is 4.58. The van der Waals surface area contributed by atoms with Crippen molar-refractivity contribution >= 4 is 7.71 Å². The third-order valence-electron chi connectivity index (χ3n) is 3.30. The lowest BCUT2D eigenvalue weighted by Gasteiger charge is -2.47. The van der Waals surface area contributed by atoms with E-state index >= 15 is 0 Å². The SMILES string of the molecule is CN(C)[P+](N(C)C)(N(C)C)C1(C)C=CC=C1. The average molecular weight is 242 g/mol. The maximum Gasteiger partial charge on any atom is 0.239 e. The molecule has 0 saturated heterocycles. The van der Waals surface area contributed by atoms with Crippen molar-refractivity contribution in [1.29, 1.82) is 0 Å². The largest absolute Gasteiger partial charge is 0.239 e. The van der Waals surface area contributed by atoms with Gasteiger partial charge in [0.2, 0.25) is 7.71 Å². The van der Waals surface area contributed by atoms with Gasteiger partial charge in [0.05, 0.1) is 0 Å². The van der Waals surface area contributed by atoms with Crippen LogP contribution in [0.4, 0.5) is 0 Å². The summed E-state index contributed by atoms with van der Waals surface area (Å²) in [6, 6.07) is 0. The summed E-state index contributed by atoms with van der Waals surface area (Å²) in [6.07, 6.45) is 8.96. The van der Waals surface area contributed by atoms with Crippen LogP contribution in [0, 0.1) is 0 Å². The number of rotatable bonds is 4. The first-order chi connectivity index (χ1) is 7.29. The van der Waals surface area contributed by atoms with Crippen molar-refractivity contribution < 1.29 is 0 Å². The second-order valence-electron chi connectivity index (χ2n) is 5.05. The van der Waals surface area contributed by atoms with E-state index < -0.39 is 7.71 Å². The van der Waals surface area contributed by atoms with Crippen LogP contribution in [-0.2, 0) is 0 Å². The van der Waals surface area contributed by atoms with E-state index in [1.165, 1.54) is 0 Å². The summed E-state index contributed by atoms with van der Waals surface area (Å²) < 4.78 is 7.15. The maximum atomic E-state index is 2.38. The average Bonchev–Trinajstić information content (AvgIpc) is 2.51. The van der Waals surface area contributed by atoms with E-state index in [0.717, 1.165) is 0 Å². The van der Waals surface area contributed by atoms with Crippen molar-refractivity contribution in [2.24, 2.45) is 0 Å². The summed E-state index contributed by atoms with van der Waals surface area (Å²) in [4.78, 5) is 0. The van der Waals surface area contributed by atoms with E-state index in [4.69, 9.17) is 0 Å². The van der Waals surface area contributed by atoms with Crippen molar-refractivity contribution in [3.8, 4) is 0 Å². The summed E-state index contributed by atoms with van der Waals surface area (Å²) in [5.74, 6) is 0.